The Morgan fingerprint density at radius 1 is 1.25 bits per heavy atom. The Morgan fingerprint density at radius 3 is 2.60 bits per heavy atom. The van der Waals surface area contributed by atoms with Crippen LogP contribution >= 0.6 is 11.8 Å². The topological polar surface area (TPSA) is 35.8 Å². The van der Waals surface area contributed by atoms with E-state index in [1.165, 1.54) is 12.1 Å². The number of rotatable bonds is 7. The molecule has 0 aliphatic rings. The van der Waals surface area contributed by atoms with E-state index in [0.717, 1.165) is 31.1 Å². The van der Waals surface area contributed by atoms with Crippen LogP contribution in [0.15, 0.2) is 18.2 Å². The predicted molar refractivity (Wildman–Crippen MR) is 76.9 cm³/mol. The molecule has 0 spiro atoms. The second-order valence-electron chi connectivity index (χ2n) is 4.35. The number of alkyl halides is 3. The molecule has 0 aliphatic heterocycles. The van der Waals surface area contributed by atoms with Crippen molar-refractivity contribution < 1.29 is 13.2 Å². The van der Waals surface area contributed by atoms with Gasteiger partial charge >= 0.3 is 6.18 Å². The molecule has 0 fully saturated rings. The van der Waals surface area contributed by atoms with Gasteiger partial charge in [-0.3, -0.25) is 0 Å². The third kappa shape index (κ3) is 5.33. The van der Waals surface area contributed by atoms with Crippen LogP contribution in [0.1, 0.15) is 30.4 Å². The molecule has 1 rings (SSSR count). The summed E-state index contributed by atoms with van der Waals surface area (Å²) >= 11 is 1.80. The fourth-order valence-electron chi connectivity index (χ4n) is 1.77. The lowest BCUT2D eigenvalue weighted by atomic mass is 10.1. The van der Waals surface area contributed by atoms with Crippen molar-refractivity contribution in [2.24, 2.45) is 0 Å². The molecule has 1 aromatic carbocycles. The number of thioether (sulfide) groups is 1. The summed E-state index contributed by atoms with van der Waals surface area (Å²) in [5.41, 5.74) is -0.671. The van der Waals surface area contributed by atoms with E-state index < -0.39 is 11.7 Å². The number of nitriles is 1. The summed E-state index contributed by atoms with van der Waals surface area (Å²) in [7, 11) is 0. The lowest BCUT2D eigenvalue weighted by Crippen LogP contribution is -2.09. The maximum absolute atomic E-state index is 12.6. The second-order valence-corrected chi connectivity index (χ2v) is 5.34. The Labute approximate surface area is 121 Å². The number of anilines is 1. The van der Waals surface area contributed by atoms with Crippen LogP contribution in [-0.2, 0) is 6.18 Å². The van der Waals surface area contributed by atoms with Crippen LogP contribution in [0.5, 0.6) is 0 Å². The summed E-state index contributed by atoms with van der Waals surface area (Å²) in [6, 6.07) is 5.17. The molecule has 0 radical (unpaired) electrons. The zero-order chi connectivity index (χ0) is 15.0. The highest BCUT2D eigenvalue weighted by atomic mass is 32.2. The molecule has 6 heteroatoms. The number of nitrogens with one attached hydrogen (secondary N) is 1. The third-order valence-corrected chi connectivity index (χ3v) is 3.50. The van der Waals surface area contributed by atoms with Gasteiger partial charge in [-0.1, -0.05) is 6.42 Å². The maximum Gasteiger partial charge on any atom is 0.417 e. The van der Waals surface area contributed by atoms with E-state index in [1.54, 1.807) is 17.8 Å². The summed E-state index contributed by atoms with van der Waals surface area (Å²) in [4.78, 5) is 0. The van der Waals surface area contributed by atoms with Gasteiger partial charge in [-0.15, -0.1) is 0 Å². The first-order valence-electron chi connectivity index (χ1n) is 6.33. The van der Waals surface area contributed by atoms with Gasteiger partial charge < -0.3 is 5.32 Å². The van der Waals surface area contributed by atoms with Crippen LogP contribution in [-0.4, -0.2) is 18.6 Å². The van der Waals surface area contributed by atoms with Crippen molar-refractivity contribution >= 4 is 17.4 Å². The van der Waals surface area contributed by atoms with Gasteiger partial charge in [0.1, 0.15) is 0 Å². The van der Waals surface area contributed by atoms with E-state index in [2.05, 4.69) is 11.6 Å². The van der Waals surface area contributed by atoms with Crippen molar-refractivity contribution in [1.29, 1.82) is 5.26 Å². The molecule has 0 aliphatic carbocycles. The first-order valence-corrected chi connectivity index (χ1v) is 7.72. The molecule has 2 nitrogen and oxygen atoms in total. The van der Waals surface area contributed by atoms with Gasteiger partial charge in [0.2, 0.25) is 0 Å². The average molecular weight is 302 g/mol. The van der Waals surface area contributed by atoms with Crippen molar-refractivity contribution in [1.82, 2.24) is 0 Å². The SMILES string of the molecule is CSCCCCCNc1ccc(C(F)(F)F)c(C#N)c1. The molecule has 0 aromatic heterocycles. The minimum atomic E-state index is -4.48. The van der Waals surface area contributed by atoms with Crippen LogP contribution in [0.25, 0.3) is 0 Å². The molecule has 0 unspecified atom stereocenters. The standard InChI is InChI=1S/C14H17F3N2S/c1-20-8-4-2-3-7-19-12-5-6-13(14(15,16)17)11(9-12)10-18/h5-6,9,19H,2-4,7-8H2,1H3. The van der Waals surface area contributed by atoms with Crippen LogP contribution < -0.4 is 5.32 Å². The summed E-state index contributed by atoms with van der Waals surface area (Å²) in [5.74, 6) is 1.12. The third-order valence-electron chi connectivity index (χ3n) is 2.80. The van der Waals surface area contributed by atoms with E-state index in [0.29, 0.717) is 12.2 Å². The van der Waals surface area contributed by atoms with E-state index >= 15 is 0 Å². The second kappa shape index (κ2) is 8.05. The van der Waals surface area contributed by atoms with E-state index in [9.17, 15) is 13.2 Å². The van der Waals surface area contributed by atoms with Gasteiger partial charge in [-0.05, 0) is 43.0 Å². The zero-order valence-corrected chi connectivity index (χ0v) is 12.1. The van der Waals surface area contributed by atoms with Crippen LogP contribution in [0.4, 0.5) is 18.9 Å². The van der Waals surface area contributed by atoms with Crippen molar-refractivity contribution in [2.75, 3.05) is 23.9 Å². The lowest BCUT2D eigenvalue weighted by Gasteiger charge is -2.11. The summed E-state index contributed by atoms with van der Waals surface area (Å²) in [6.07, 6.45) is 0.758. The zero-order valence-electron chi connectivity index (χ0n) is 11.3. The Balaban J connectivity index is 2.55. The van der Waals surface area contributed by atoms with Gasteiger partial charge in [0.05, 0.1) is 17.2 Å². The predicted octanol–water partition coefficient (Wildman–Crippen LogP) is 4.52. The fraction of sp³-hybridized carbons (Fsp3) is 0.500. The van der Waals surface area contributed by atoms with E-state index in [1.807, 2.05) is 0 Å². The number of benzene rings is 1. The monoisotopic (exact) mass is 302 g/mol. The van der Waals surface area contributed by atoms with Gasteiger partial charge in [0.25, 0.3) is 0 Å². The van der Waals surface area contributed by atoms with Gasteiger partial charge in [-0.2, -0.15) is 30.2 Å². The van der Waals surface area contributed by atoms with Gasteiger partial charge in [-0.25, -0.2) is 0 Å². The maximum atomic E-state index is 12.6. The van der Waals surface area contributed by atoms with Crippen molar-refractivity contribution in [3.05, 3.63) is 29.3 Å². The largest absolute Gasteiger partial charge is 0.417 e. The van der Waals surface area contributed by atoms with Crippen LogP contribution in [0, 0.1) is 11.3 Å². The van der Waals surface area contributed by atoms with Crippen LogP contribution in [0.3, 0.4) is 0 Å². The summed E-state index contributed by atoms with van der Waals surface area (Å²) in [5, 5.41) is 11.8. The average Bonchev–Trinajstić information content (AvgIpc) is 2.41. The molecule has 0 heterocycles. The quantitative estimate of drug-likeness (QED) is 0.752. The molecule has 20 heavy (non-hydrogen) atoms. The van der Waals surface area contributed by atoms with Crippen molar-refractivity contribution in [3.63, 3.8) is 0 Å². The molecule has 110 valence electrons. The molecular formula is C14H17F3N2S. The molecule has 1 N–H and O–H groups in total. The molecular weight excluding hydrogens is 285 g/mol. The molecule has 0 saturated carbocycles. The summed E-state index contributed by atoms with van der Waals surface area (Å²) in [6.45, 7) is 0.699. The summed E-state index contributed by atoms with van der Waals surface area (Å²) < 4.78 is 37.9. The number of hydrogen-bond donors (Lipinski definition) is 1. The molecule has 0 atom stereocenters. The highest BCUT2D eigenvalue weighted by molar-refractivity contribution is 7.98. The van der Waals surface area contributed by atoms with E-state index in [4.69, 9.17) is 5.26 Å². The van der Waals surface area contributed by atoms with Crippen molar-refractivity contribution in [2.45, 2.75) is 25.4 Å². The van der Waals surface area contributed by atoms with E-state index in [-0.39, 0.29) is 5.56 Å². The minimum Gasteiger partial charge on any atom is -0.385 e. The number of unbranched alkanes of at least 4 members (excludes halogenated alkanes) is 2. The fourth-order valence-corrected chi connectivity index (χ4v) is 2.27. The first kappa shape index (κ1) is 16.7. The molecule has 0 bridgehead atoms. The highest BCUT2D eigenvalue weighted by Crippen LogP contribution is 2.32. The highest BCUT2D eigenvalue weighted by Gasteiger charge is 2.33. The molecule has 0 saturated heterocycles. The van der Waals surface area contributed by atoms with Gasteiger partial charge in [0, 0.05) is 12.2 Å². The van der Waals surface area contributed by atoms with Gasteiger partial charge in [0.15, 0.2) is 0 Å². The number of hydrogen-bond acceptors (Lipinski definition) is 3. The Morgan fingerprint density at radius 2 is 2.00 bits per heavy atom. The Kier molecular flexibility index (Phi) is 6.73. The first-order chi connectivity index (χ1) is 9.49. The molecule has 0 amide bonds. The minimum absolute atomic E-state index is 0.343. The Hall–Kier alpha value is -1.35. The number of halogens is 3. The lowest BCUT2D eigenvalue weighted by molar-refractivity contribution is -0.137. The Bertz CT molecular complexity index is 466. The normalized spacial score (nSPS) is 11.2. The van der Waals surface area contributed by atoms with Crippen molar-refractivity contribution in [3.8, 4) is 6.07 Å². The molecule has 1 aromatic rings. The number of nitrogens with zero attached hydrogens (tertiary/aromatic N) is 1. The van der Waals surface area contributed by atoms with Crippen LogP contribution in [0.2, 0.25) is 0 Å². The smallest absolute Gasteiger partial charge is 0.385 e.